The number of amides is 1. The number of aromatic hydroxyl groups is 1. The molecule has 0 saturated heterocycles. The molecule has 0 aliphatic rings. The molecule has 4 nitrogen and oxygen atoms in total. The second kappa shape index (κ2) is 4.49. The van der Waals surface area contributed by atoms with Crippen LogP contribution in [-0.2, 0) is 4.84 Å². The topological polar surface area (TPSA) is 58.6 Å². The molecular formula is C11H14FNO3. The van der Waals surface area contributed by atoms with Crippen LogP contribution in [0.1, 0.15) is 31.1 Å². The quantitative estimate of drug-likeness (QED) is 0.759. The van der Waals surface area contributed by atoms with Crippen LogP contribution in [0.25, 0.3) is 0 Å². The molecule has 1 rings (SSSR count). The molecule has 0 bridgehead atoms. The summed E-state index contributed by atoms with van der Waals surface area (Å²) in [6.45, 7) is 5.25. The van der Waals surface area contributed by atoms with Gasteiger partial charge in [-0.15, -0.1) is 0 Å². The normalized spacial score (nSPS) is 11.2. The molecule has 0 heterocycles. The van der Waals surface area contributed by atoms with Crippen LogP contribution in [0.15, 0.2) is 18.2 Å². The van der Waals surface area contributed by atoms with E-state index in [0.29, 0.717) is 0 Å². The van der Waals surface area contributed by atoms with Gasteiger partial charge in [-0.3, -0.25) is 9.63 Å². The fourth-order valence-electron chi connectivity index (χ4n) is 0.945. The summed E-state index contributed by atoms with van der Waals surface area (Å²) < 4.78 is 12.8. The minimum Gasteiger partial charge on any atom is -0.507 e. The summed E-state index contributed by atoms with van der Waals surface area (Å²) in [7, 11) is 0. The lowest BCUT2D eigenvalue weighted by Gasteiger charge is -2.19. The van der Waals surface area contributed by atoms with Gasteiger partial charge in [-0.05, 0) is 39.0 Å². The molecule has 0 saturated carbocycles. The van der Waals surface area contributed by atoms with Crippen molar-refractivity contribution in [1.82, 2.24) is 5.48 Å². The highest BCUT2D eigenvalue weighted by molar-refractivity contribution is 5.96. The highest BCUT2D eigenvalue weighted by Gasteiger charge is 2.16. The van der Waals surface area contributed by atoms with E-state index in [-0.39, 0.29) is 11.3 Å². The van der Waals surface area contributed by atoms with Crippen molar-refractivity contribution in [1.29, 1.82) is 0 Å². The van der Waals surface area contributed by atoms with Crippen LogP contribution in [0.2, 0.25) is 0 Å². The summed E-state index contributed by atoms with van der Waals surface area (Å²) in [6, 6.07) is 3.12. The van der Waals surface area contributed by atoms with E-state index in [9.17, 15) is 14.3 Å². The number of halogens is 1. The van der Waals surface area contributed by atoms with Gasteiger partial charge in [0.15, 0.2) is 0 Å². The van der Waals surface area contributed by atoms with Gasteiger partial charge in [-0.25, -0.2) is 9.87 Å². The molecule has 0 spiro atoms. The van der Waals surface area contributed by atoms with Gasteiger partial charge in [0.1, 0.15) is 11.6 Å². The SMILES string of the molecule is CC(C)(C)ONC(=O)c1cc(F)ccc1O. The van der Waals surface area contributed by atoms with E-state index in [1.807, 2.05) is 0 Å². The van der Waals surface area contributed by atoms with Crippen molar-refractivity contribution < 1.29 is 19.1 Å². The fourth-order valence-corrected chi connectivity index (χ4v) is 0.945. The van der Waals surface area contributed by atoms with Gasteiger partial charge in [0, 0.05) is 0 Å². The smallest absolute Gasteiger partial charge is 0.278 e. The summed E-state index contributed by atoms with van der Waals surface area (Å²) in [5.74, 6) is -1.58. The summed E-state index contributed by atoms with van der Waals surface area (Å²) in [5.41, 5.74) is 1.42. The number of hydrogen-bond donors (Lipinski definition) is 2. The Morgan fingerprint density at radius 1 is 1.44 bits per heavy atom. The van der Waals surface area contributed by atoms with Crippen LogP contribution in [0.3, 0.4) is 0 Å². The Balaban J connectivity index is 2.77. The van der Waals surface area contributed by atoms with Crippen molar-refractivity contribution in [2.75, 3.05) is 0 Å². The van der Waals surface area contributed by atoms with Gasteiger partial charge >= 0.3 is 0 Å². The average Bonchev–Trinajstić information content (AvgIpc) is 2.17. The fraction of sp³-hybridized carbons (Fsp3) is 0.364. The molecule has 0 aliphatic carbocycles. The van der Waals surface area contributed by atoms with Crippen molar-refractivity contribution in [3.05, 3.63) is 29.6 Å². The first-order valence-corrected chi connectivity index (χ1v) is 4.76. The Bertz CT molecular complexity index is 399. The van der Waals surface area contributed by atoms with Crippen LogP contribution in [0.5, 0.6) is 5.75 Å². The van der Waals surface area contributed by atoms with Gasteiger partial charge in [0.05, 0.1) is 11.2 Å². The molecule has 0 atom stereocenters. The second-order valence-corrected chi connectivity index (χ2v) is 4.31. The van der Waals surface area contributed by atoms with Gasteiger partial charge in [-0.1, -0.05) is 0 Å². The first-order valence-electron chi connectivity index (χ1n) is 4.76. The van der Waals surface area contributed by atoms with Crippen LogP contribution in [-0.4, -0.2) is 16.6 Å². The maximum atomic E-state index is 12.8. The van der Waals surface area contributed by atoms with Crippen molar-refractivity contribution in [2.45, 2.75) is 26.4 Å². The molecule has 1 amide bonds. The third-order valence-electron chi connectivity index (χ3n) is 1.65. The van der Waals surface area contributed by atoms with Crippen molar-refractivity contribution in [3.8, 4) is 5.75 Å². The Morgan fingerprint density at radius 2 is 2.06 bits per heavy atom. The zero-order valence-corrected chi connectivity index (χ0v) is 9.37. The number of nitrogens with one attached hydrogen (secondary N) is 1. The van der Waals surface area contributed by atoms with Crippen LogP contribution in [0.4, 0.5) is 4.39 Å². The predicted molar refractivity (Wildman–Crippen MR) is 56.4 cm³/mol. The van der Waals surface area contributed by atoms with Crippen LogP contribution < -0.4 is 5.48 Å². The number of phenolic OH excluding ortho intramolecular Hbond substituents is 1. The molecule has 1 aromatic carbocycles. The number of phenols is 1. The molecule has 88 valence electrons. The van der Waals surface area contributed by atoms with E-state index in [1.165, 1.54) is 0 Å². The number of rotatable bonds is 2. The number of hydroxylamine groups is 1. The minimum absolute atomic E-state index is 0.163. The van der Waals surface area contributed by atoms with Gasteiger partial charge in [0.25, 0.3) is 5.91 Å². The Hall–Kier alpha value is -1.62. The van der Waals surface area contributed by atoms with Crippen molar-refractivity contribution in [3.63, 3.8) is 0 Å². The third kappa shape index (κ3) is 3.51. The Kier molecular flexibility index (Phi) is 3.49. The maximum Gasteiger partial charge on any atom is 0.278 e. The third-order valence-corrected chi connectivity index (χ3v) is 1.65. The Labute approximate surface area is 93.0 Å². The molecule has 0 fully saturated rings. The predicted octanol–water partition coefficient (Wildman–Crippen LogP) is 1.99. The molecule has 0 aliphatic heterocycles. The lowest BCUT2D eigenvalue weighted by molar-refractivity contribution is -0.0590. The largest absolute Gasteiger partial charge is 0.507 e. The maximum absolute atomic E-state index is 12.8. The molecule has 16 heavy (non-hydrogen) atoms. The van der Waals surface area contributed by atoms with E-state index < -0.39 is 17.3 Å². The average molecular weight is 227 g/mol. The van der Waals surface area contributed by atoms with E-state index in [2.05, 4.69) is 5.48 Å². The Morgan fingerprint density at radius 3 is 2.62 bits per heavy atom. The molecule has 0 aromatic heterocycles. The van der Waals surface area contributed by atoms with Gasteiger partial charge in [0.2, 0.25) is 0 Å². The summed E-state index contributed by atoms with van der Waals surface area (Å²) in [6.07, 6.45) is 0. The van der Waals surface area contributed by atoms with E-state index in [4.69, 9.17) is 4.84 Å². The zero-order chi connectivity index (χ0) is 12.3. The van der Waals surface area contributed by atoms with Gasteiger partial charge in [-0.2, -0.15) is 0 Å². The first kappa shape index (κ1) is 12.4. The highest BCUT2D eigenvalue weighted by Crippen LogP contribution is 2.17. The zero-order valence-electron chi connectivity index (χ0n) is 9.37. The number of hydrogen-bond acceptors (Lipinski definition) is 3. The summed E-state index contributed by atoms with van der Waals surface area (Å²) >= 11 is 0. The van der Waals surface area contributed by atoms with E-state index in [0.717, 1.165) is 18.2 Å². The highest BCUT2D eigenvalue weighted by atomic mass is 19.1. The number of carbonyl (C=O) groups excluding carboxylic acids is 1. The molecule has 2 N–H and O–H groups in total. The molecule has 0 unspecified atom stereocenters. The molecule has 5 heteroatoms. The standard InChI is InChI=1S/C11H14FNO3/c1-11(2,3)16-13-10(15)8-6-7(12)4-5-9(8)14/h4-6,14H,1-3H3,(H,13,15). The number of benzene rings is 1. The van der Waals surface area contributed by atoms with Crippen molar-refractivity contribution in [2.24, 2.45) is 0 Å². The summed E-state index contributed by atoms with van der Waals surface area (Å²) in [5, 5.41) is 9.35. The lowest BCUT2D eigenvalue weighted by atomic mass is 10.2. The monoisotopic (exact) mass is 227 g/mol. The molecule has 0 radical (unpaired) electrons. The van der Waals surface area contributed by atoms with Gasteiger partial charge < -0.3 is 5.11 Å². The van der Waals surface area contributed by atoms with E-state index in [1.54, 1.807) is 20.8 Å². The minimum atomic E-state index is -0.688. The van der Waals surface area contributed by atoms with Crippen LogP contribution in [0, 0.1) is 5.82 Å². The second-order valence-electron chi connectivity index (χ2n) is 4.31. The van der Waals surface area contributed by atoms with Crippen LogP contribution >= 0.6 is 0 Å². The first-order chi connectivity index (χ1) is 7.29. The summed E-state index contributed by atoms with van der Waals surface area (Å²) in [4.78, 5) is 16.5. The molecular weight excluding hydrogens is 213 g/mol. The lowest BCUT2D eigenvalue weighted by Crippen LogP contribution is -2.33. The molecule has 1 aromatic rings. The van der Waals surface area contributed by atoms with Crippen molar-refractivity contribution >= 4 is 5.91 Å². The van der Waals surface area contributed by atoms with E-state index >= 15 is 0 Å². The number of carbonyl (C=O) groups is 1.